The Hall–Kier alpha value is -0.870. The zero-order chi connectivity index (χ0) is 13.7. The lowest BCUT2D eigenvalue weighted by atomic mass is 9.85. The maximum Gasteiger partial charge on any atom is 0.0700 e. The number of hydrogen-bond donors (Lipinski definition) is 2. The summed E-state index contributed by atoms with van der Waals surface area (Å²) in [4.78, 5) is 0. The first-order valence-electron chi connectivity index (χ1n) is 7.57. The molecule has 0 amide bonds. The minimum Gasteiger partial charge on any atom is -0.396 e. The van der Waals surface area contributed by atoms with Crippen molar-refractivity contribution in [2.75, 3.05) is 6.61 Å². The van der Waals surface area contributed by atoms with Crippen LogP contribution in [0.1, 0.15) is 62.6 Å². The molecule has 2 N–H and O–H groups in total. The fourth-order valence-electron chi connectivity index (χ4n) is 2.99. The van der Waals surface area contributed by atoms with E-state index in [2.05, 4.69) is 23.5 Å². The average Bonchev–Trinajstić information content (AvgIpc) is 2.79. The van der Waals surface area contributed by atoms with Gasteiger partial charge in [0, 0.05) is 43.9 Å². The summed E-state index contributed by atoms with van der Waals surface area (Å²) in [6, 6.07) is 0.351. The lowest BCUT2D eigenvalue weighted by Crippen LogP contribution is -2.26. The molecule has 0 aliphatic heterocycles. The lowest BCUT2D eigenvalue weighted by molar-refractivity contribution is 0.268. The predicted molar refractivity (Wildman–Crippen MR) is 77.0 cm³/mol. The fourth-order valence-corrected chi connectivity index (χ4v) is 2.99. The number of nitrogens with zero attached hydrogens (tertiary/aromatic N) is 2. The monoisotopic (exact) mass is 265 g/mol. The van der Waals surface area contributed by atoms with Crippen molar-refractivity contribution in [3.8, 4) is 0 Å². The molecule has 0 unspecified atom stereocenters. The van der Waals surface area contributed by atoms with E-state index in [0.717, 1.165) is 13.0 Å². The summed E-state index contributed by atoms with van der Waals surface area (Å²) in [6.07, 6.45) is 9.59. The van der Waals surface area contributed by atoms with Gasteiger partial charge in [0.05, 0.1) is 5.69 Å². The van der Waals surface area contributed by atoms with Crippen LogP contribution < -0.4 is 5.32 Å². The molecular weight excluding hydrogens is 238 g/mol. The van der Waals surface area contributed by atoms with Gasteiger partial charge in [-0.2, -0.15) is 5.10 Å². The van der Waals surface area contributed by atoms with E-state index in [0.29, 0.717) is 12.0 Å². The summed E-state index contributed by atoms with van der Waals surface area (Å²) in [5.74, 6) is 0.653. The molecule has 0 saturated heterocycles. The Balaban J connectivity index is 1.99. The SMILES string of the molecule is C[C@H](CCO)NCc1cn(C)nc1C1CCCCC1. The molecular formula is C15H27N3O. The van der Waals surface area contributed by atoms with Crippen LogP contribution >= 0.6 is 0 Å². The number of nitrogens with one attached hydrogen (secondary N) is 1. The van der Waals surface area contributed by atoms with Gasteiger partial charge >= 0.3 is 0 Å². The van der Waals surface area contributed by atoms with Crippen molar-refractivity contribution in [1.82, 2.24) is 15.1 Å². The summed E-state index contributed by atoms with van der Waals surface area (Å²) in [5, 5.41) is 17.1. The molecule has 0 radical (unpaired) electrons. The Morgan fingerprint density at radius 1 is 1.42 bits per heavy atom. The van der Waals surface area contributed by atoms with Gasteiger partial charge in [-0.05, 0) is 26.2 Å². The van der Waals surface area contributed by atoms with Crippen molar-refractivity contribution in [2.45, 2.75) is 64.0 Å². The fraction of sp³-hybridized carbons (Fsp3) is 0.800. The Kier molecular flexibility index (Phi) is 5.40. The molecule has 1 aromatic rings. The van der Waals surface area contributed by atoms with Crippen LogP contribution in [0.15, 0.2) is 6.20 Å². The summed E-state index contributed by atoms with van der Waals surface area (Å²) in [6.45, 7) is 3.23. The van der Waals surface area contributed by atoms with Crippen molar-refractivity contribution < 1.29 is 5.11 Å². The van der Waals surface area contributed by atoms with Crippen molar-refractivity contribution in [2.24, 2.45) is 7.05 Å². The summed E-state index contributed by atoms with van der Waals surface area (Å²) >= 11 is 0. The third-order valence-corrected chi connectivity index (χ3v) is 4.13. The average molecular weight is 265 g/mol. The summed E-state index contributed by atoms with van der Waals surface area (Å²) in [7, 11) is 2.01. The quantitative estimate of drug-likeness (QED) is 0.830. The number of rotatable bonds is 6. The Bertz CT molecular complexity index is 383. The van der Waals surface area contributed by atoms with Crippen LogP contribution in [0.5, 0.6) is 0 Å². The maximum atomic E-state index is 8.94. The van der Waals surface area contributed by atoms with Gasteiger partial charge in [0.1, 0.15) is 0 Å². The Labute approximate surface area is 116 Å². The first-order chi connectivity index (χ1) is 9.20. The van der Waals surface area contributed by atoms with Gasteiger partial charge in [-0.25, -0.2) is 0 Å². The first-order valence-corrected chi connectivity index (χ1v) is 7.57. The zero-order valence-corrected chi connectivity index (χ0v) is 12.2. The minimum absolute atomic E-state index is 0.247. The van der Waals surface area contributed by atoms with Crippen molar-refractivity contribution in [3.05, 3.63) is 17.5 Å². The number of aryl methyl sites for hydroxylation is 1. The molecule has 4 nitrogen and oxygen atoms in total. The normalized spacial score (nSPS) is 18.7. The van der Waals surface area contributed by atoms with Crippen molar-refractivity contribution >= 4 is 0 Å². The number of hydrogen-bond acceptors (Lipinski definition) is 3. The van der Waals surface area contributed by atoms with Crippen LogP contribution in [0.3, 0.4) is 0 Å². The first kappa shape index (κ1) is 14.5. The minimum atomic E-state index is 0.247. The van der Waals surface area contributed by atoms with Crippen LogP contribution in [-0.2, 0) is 13.6 Å². The molecule has 19 heavy (non-hydrogen) atoms. The predicted octanol–water partition coefficient (Wildman–Crippen LogP) is 2.33. The van der Waals surface area contributed by atoms with Gasteiger partial charge in [0.25, 0.3) is 0 Å². The van der Waals surface area contributed by atoms with E-state index in [1.54, 1.807) is 0 Å². The molecule has 1 fully saturated rings. The highest BCUT2D eigenvalue weighted by molar-refractivity contribution is 5.21. The van der Waals surface area contributed by atoms with E-state index < -0.39 is 0 Å². The van der Waals surface area contributed by atoms with Crippen LogP contribution in [0.25, 0.3) is 0 Å². The molecule has 1 aliphatic carbocycles. The number of aromatic nitrogens is 2. The van der Waals surface area contributed by atoms with Gasteiger partial charge in [-0.3, -0.25) is 4.68 Å². The van der Waals surface area contributed by atoms with Gasteiger partial charge in [0.2, 0.25) is 0 Å². The second-order valence-electron chi connectivity index (χ2n) is 5.84. The van der Waals surface area contributed by atoms with Crippen LogP contribution in [0.4, 0.5) is 0 Å². The highest BCUT2D eigenvalue weighted by Crippen LogP contribution is 2.33. The highest BCUT2D eigenvalue weighted by Gasteiger charge is 2.21. The third-order valence-electron chi connectivity index (χ3n) is 4.13. The summed E-state index contributed by atoms with van der Waals surface area (Å²) < 4.78 is 1.94. The van der Waals surface area contributed by atoms with E-state index in [9.17, 15) is 0 Å². The van der Waals surface area contributed by atoms with Crippen LogP contribution in [0, 0.1) is 0 Å². The zero-order valence-electron chi connectivity index (χ0n) is 12.2. The Morgan fingerprint density at radius 3 is 2.84 bits per heavy atom. The van der Waals surface area contributed by atoms with E-state index in [1.165, 1.54) is 43.4 Å². The van der Waals surface area contributed by atoms with Crippen LogP contribution in [-0.4, -0.2) is 27.5 Å². The second-order valence-corrected chi connectivity index (χ2v) is 5.84. The number of aliphatic hydroxyl groups excluding tert-OH is 1. The van der Waals surface area contributed by atoms with E-state index >= 15 is 0 Å². The van der Waals surface area contributed by atoms with Gasteiger partial charge in [0.15, 0.2) is 0 Å². The molecule has 1 atom stereocenters. The molecule has 1 heterocycles. The summed E-state index contributed by atoms with van der Waals surface area (Å²) in [5.41, 5.74) is 2.63. The second kappa shape index (κ2) is 7.06. The molecule has 0 spiro atoms. The van der Waals surface area contributed by atoms with E-state index in [1.807, 2.05) is 11.7 Å². The lowest BCUT2D eigenvalue weighted by Gasteiger charge is -2.21. The molecule has 1 aliphatic rings. The van der Waals surface area contributed by atoms with Gasteiger partial charge in [-0.15, -0.1) is 0 Å². The molecule has 2 rings (SSSR count). The van der Waals surface area contributed by atoms with E-state index in [4.69, 9.17) is 5.11 Å². The highest BCUT2D eigenvalue weighted by atomic mass is 16.3. The van der Waals surface area contributed by atoms with Crippen LogP contribution in [0.2, 0.25) is 0 Å². The molecule has 0 aromatic carbocycles. The molecule has 0 bridgehead atoms. The van der Waals surface area contributed by atoms with Crippen molar-refractivity contribution in [3.63, 3.8) is 0 Å². The largest absolute Gasteiger partial charge is 0.396 e. The molecule has 4 heteroatoms. The maximum absolute atomic E-state index is 8.94. The molecule has 1 saturated carbocycles. The number of aliphatic hydroxyl groups is 1. The Morgan fingerprint density at radius 2 is 2.16 bits per heavy atom. The topological polar surface area (TPSA) is 50.1 Å². The standard InChI is InChI=1S/C15H27N3O/c1-12(8-9-19)16-10-14-11-18(2)17-15(14)13-6-4-3-5-7-13/h11-13,16,19H,3-10H2,1-2H3/t12-/m1/s1. The third kappa shape index (κ3) is 4.05. The molecule has 1 aromatic heterocycles. The molecule has 108 valence electrons. The van der Waals surface area contributed by atoms with E-state index in [-0.39, 0.29) is 6.61 Å². The van der Waals surface area contributed by atoms with Crippen molar-refractivity contribution in [1.29, 1.82) is 0 Å². The van der Waals surface area contributed by atoms with Gasteiger partial charge in [-0.1, -0.05) is 19.3 Å². The smallest absolute Gasteiger partial charge is 0.0700 e. The van der Waals surface area contributed by atoms with Gasteiger partial charge < -0.3 is 10.4 Å².